The number of ether oxygens (including phenoxy) is 2. The highest BCUT2D eigenvalue weighted by molar-refractivity contribution is 5.98. The second-order valence-corrected chi connectivity index (χ2v) is 9.14. The van der Waals surface area contributed by atoms with E-state index in [0.29, 0.717) is 13.0 Å². The maximum absolute atomic E-state index is 13.6. The first-order chi connectivity index (χ1) is 14.9. The minimum atomic E-state index is -1.14. The molecule has 4 N–H and O–H groups in total. The van der Waals surface area contributed by atoms with Crippen molar-refractivity contribution in [1.29, 1.82) is 0 Å². The summed E-state index contributed by atoms with van der Waals surface area (Å²) in [5.41, 5.74) is 10.5. The lowest BCUT2D eigenvalue weighted by Crippen LogP contribution is -2.49. The van der Waals surface area contributed by atoms with E-state index in [1.54, 1.807) is 25.7 Å². The molecule has 0 spiro atoms. The monoisotopic (exact) mass is 457 g/mol. The molecule has 0 aliphatic heterocycles. The number of amides is 2. The molecule has 0 saturated heterocycles. The molecule has 186 valence electrons. The third-order valence-corrected chi connectivity index (χ3v) is 5.06. The zero-order valence-electron chi connectivity index (χ0n) is 20.6. The number of carbonyl (C=O) groups excluding carboxylic acids is 4. The van der Waals surface area contributed by atoms with Crippen molar-refractivity contribution in [3.63, 3.8) is 0 Å². The molecule has 0 aliphatic rings. The average molecular weight is 458 g/mol. The molecular weight excluding hydrogens is 414 g/mol. The van der Waals surface area contributed by atoms with Gasteiger partial charge in [-0.2, -0.15) is 0 Å². The molecule has 0 aromatic rings. The molecule has 32 heavy (non-hydrogen) atoms. The zero-order valence-corrected chi connectivity index (χ0v) is 20.6. The van der Waals surface area contributed by atoms with Crippen LogP contribution in [0.2, 0.25) is 0 Å². The van der Waals surface area contributed by atoms with Crippen LogP contribution in [0.5, 0.6) is 0 Å². The Kier molecular flexibility index (Phi) is 13.8. The number of carbonyl (C=O) groups is 4. The Morgan fingerprint density at radius 1 is 0.938 bits per heavy atom. The van der Waals surface area contributed by atoms with E-state index < -0.39 is 47.4 Å². The SMILES string of the molecule is CCCC[C@@H](CC(N)=O)N(CCCC)C(=O)[C@H](CCC(N)C(=O)OC)C(=O)OC(C)(C)C. The van der Waals surface area contributed by atoms with E-state index in [9.17, 15) is 19.2 Å². The van der Waals surface area contributed by atoms with Gasteiger partial charge in [-0.15, -0.1) is 0 Å². The molecule has 0 saturated carbocycles. The van der Waals surface area contributed by atoms with Crippen LogP contribution in [0.4, 0.5) is 0 Å². The first-order valence-corrected chi connectivity index (χ1v) is 11.5. The predicted molar refractivity (Wildman–Crippen MR) is 122 cm³/mol. The van der Waals surface area contributed by atoms with Crippen molar-refractivity contribution in [2.45, 2.75) is 104 Å². The number of hydrogen-bond acceptors (Lipinski definition) is 7. The molecule has 0 aliphatic carbocycles. The Morgan fingerprint density at radius 3 is 2.00 bits per heavy atom. The van der Waals surface area contributed by atoms with Crippen LogP contribution in [-0.4, -0.2) is 60.0 Å². The molecule has 0 bridgehead atoms. The summed E-state index contributed by atoms with van der Waals surface area (Å²) < 4.78 is 10.1. The number of methoxy groups -OCH3 is 1. The summed E-state index contributed by atoms with van der Waals surface area (Å²) in [5, 5.41) is 0. The number of nitrogens with two attached hydrogens (primary N) is 2. The molecule has 0 rings (SSSR count). The summed E-state index contributed by atoms with van der Waals surface area (Å²) >= 11 is 0. The fraction of sp³-hybridized carbons (Fsp3) is 0.826. The highest BCUT2D eigenvalue weighted by Gasteiger charge is 2.37. The average Bonchev–Trinajstić information content (AvgIpc) is 2.69. The van der Waals surface area contributed by atoms with Gasteiger partial charge in [-0.05, 0) is 46.5 Å². The standard InChI is InChI=1S/C23H43N3O6/c1-7-9-11-16(15-19(25)27)26(14-10-8-2)20(28)17(21(29)32-23(3,4)5)12-13-18(24)22(30)31-6/h16-18H,7-15,24H2,1-6H3,(H2,25,27)/t16-,17-,18?/m0/s1. The van der Waals surface area contributed by atoms with E-state index in [-0.39, 0.29) is 19.3 Å². The summed E-state index contributed by atoms with van der Waals surface area (Å²) in [6, 6.07) is -1.35. The number of nitrogens with zero attached hydrogens (tertiary/aromatic N) is 1. The fourth-order valence-corrected chi connectivity index (χ4v) is 3.37. The van der Waals surface area contributed by atoms with Crippen LogP contribution in [-0.2, 0) is 28.7 Å². The van der Waals surface area contributed by atoms with E-state index in [1.807, 2.05) is 13.8 Å². The van der Waals surface area contributed by atoms with Crippen molar-refractivity contribution in [3.05, 3.63) is 0 Å². The second kappa shape index (κ2) is 14.8. The second-order valence-electron chi connectivity index (χ2n) is 9.14. The van der Waals surface area contributed by atoms with E-state index in [4.69, 9.17) is 16.2 Å². The van der Waals surface area contributed by atoms with Crippen molar-refractivity contribution < 1.29 is 28.7 Å². The van der Waals surface area contributed by atoms with Crippen LogP contribution in [0.15, 0.2) is 0 Å². The van der Waals surface area contributed by atoms with Crippen LogP contribution < -0.4 is 11.5 Å². The van der Waals surface area contributed by atoms with Crippen molar-refractivity contribution in [2.24, 2.45) is 17.4 Å². The Labute approximate surface area is 192 Å². The minimum absolute atomic E-state index is 0.0260. The highest BCUT2D eigenvalue weighted by atomic mass is 16.6. The van der Waals surface area contributed by atoms with Gasteiger partial charge >= 0.3 is 11.9 Å². The highest BCUT2D eigenvalue weighted by Crippen LogP contribution is 2.23. The molecule has 0 aromatic heterocycles. The molecule has 9 heteroatoms. The van der Waals surface area contributed by atoms with Crippen molar-refractivity contribution in [2.75, 3.05) is 13.7 Å². The van der Waals surface area contributed by atoms with Crippen molar-refractivity contribution >= 4 is 23.8 Å². The normalized spacial score (nSPS) is 14.2. The first kappa shape index (κ1) is 29.8. The topological polar surface area (TPSA) is 142 Å². The Morgan fingerprint density at radius 2 is 1.53 bits per heavy atom. The summed E-state index contributed by atoms with van der Waals surface area (Å²) in [4.78, 5) is 51.6. The number of unbranched alkanes of at least 4 members (excludes halogenated alkanes) is 2. The van der Waals surface area contributed by atoms with Gasteiger partial charge in [-0.1, -0.05) is 33.1 Å². The predicted octanol–water partition coefficient (Wildman–Crippen LogP) is 2.29. The molecule has 3 atom stereocenters. The van der Waals surface area contributed by atoms with Gasteiger partial charge in [0.1, 0.15) is 17.6 Å². The van der Waals surface area contributed by atoms with Crippen molar-refractivity contribution in [3.8, 4) is 0 Å². The third kappa shape index (κ3) is 11.5. The van der Waals surface area contributed by atoms with Crippen molar-refractivity contribution in [1.82, 2.24) is 4.90 Å². The zero-order chi connectivity index (χ0) is 24.9. The number of rotatable bonds is 15. The third-order valence-electron chi connectivity index (χ3n) is 5.06. The van der Waals surface area contributed by atoms with E-state index in [2.05, 4.69) is 4.74 Å². The molecule has 0 heterocycles. The maximum atomic E-state index is 13.6. The molecule has 1 unspecified atom stereocenters. The summed E-state index contributed by atoms with van der Waals surface area (Å²) in [5.74, 6) is -3.35. The van der Waals surface area contributed by atoms with Gasteiger partial charge in [0.2, 0.25) is 11.8 Å². The molecular formula is C23H43N3O6. The minimum Gasteiger partial charge on any atom is -0.468 e. The Balaban J connectivity index is 5.92. The summed E-state index contributed by atoms with van der Waals surface area (Å²) in [7, 11) is 1.23. The largest absolute Gasteiger partial charge is 0.468 e. The van der Waals surface area contributed by atoms with E-state index >= 15 is 0 Å². The van der Waals surface area contributed by atoms with Crippen LogP contribution in [0, 0.1) is 5.92 Å². The van der Waals surface area contributed by atoms with Crippen LogP contribution in [0.1, 0.15) is 86.0 Å². The lowest BCUT2D eigenvalue weighted by atomic mass is 9.95. The van der Waals surface area contributed by atoms with E-state index in [0.717, 1.165) is 25.7 Å². The molecule has 0 fully saturated rings. The lowest BCUT2D eigenvalue weighted by molar-refractivity contribution is -0.166. The van der Waals surface area contributed by atoms with E-state index in [1.165, 1.54) is 7.11 Å². The molecule has 0 radical (unpaired) electrons. The lowest BCUT2D eigenvalue weighted by Gasteiger charge is -2.34. The quantitative estimate of drug-likeness (QED) is 0.284. The van der Waals surface area contributed by atoms with Gasteiger partial charge in [-0.25, -0.2) is 0 Å². The Hall–Kier alpha value is -2.16. The maximum Gasteiger partial charge on any atom is 0.322 e. The fourth-order valence-electron chi connectivity index (χ4n) is 3.37. The Bertz CT molecular complexity index is 617. The van der Waals surface area contributed by atoms with Gasteiger partial charge in [0.15, 0.2) is 0 Å². The van der Waals surface area contributed by atoms with Gasteiger partial charge < -0.3 is 25.8 Å². The van der Waals surface area contributed by atoms with Gasteiger partial charge in [0.25, 0.3) is 0 Å². The number of hydrogen-bond donors (Lipinski definition) is 2. The van der Waals surface area contributed by atoms with Gasteiger partial charge in [0.05, 0.1) is 7.11 Å². The van der Waals surface area contributed by atoms with Crippen LogP contribution in [0.25, 0.3) is 0 Å². The van der Waals surface area contributed by atoms with Crippen LogP contribution >= 0.6 is 0 Å². The van der Waals surface area contributed by atoms with Crippen LogP contribution in [0.3, 0.4) is 0 Å². The molecule has 0 aromatic carbocycles. The summed E-state index contributed by atoms with van der Waals surface area (Å²) in [6.45, 7) is 9.59. The summed E-state index contributed by atoms with van der Waals surface area (Å²) in [6.07, 6.45) is 4.02. The van der Waals surface area contributed by atoms with Gasteiger partial charge in [0, 0.05) is 19.0 Å². The number of primary amides is 1. The first-order valence-electron chi connectivity index (χ1n) is 11.5. The number of esters is 2. The smallest absolute Gasteiger partial charge is 0.322 e. The van der Waals surface area contributed by atoms with Gasteiger partial charge in [-0.3, -0.25) is 19.2 Å². The molecule has 9 nitrogen and oxygen atoms in total. The molecule has 2 amide bonds.